The quantitative estimate of drug-likeness (QED) is 0.693. The third kappa shape index (κ3) is 6.14. The third-order valence-corrected chi connectivity index (χ3v) is 4.42. The fourth-order valence-electron chi connectivity index (χ4n) is 2.93. The molecule has 0 spiro atoms. The first-order valence-electron chi connectivity index (χ1n) is 9.17. The summed E-state index contributed by atoms with van der Waals surface area (Å²) in [6.45, 7) is 2.89. The summed E-state index contributed by atoms with van der Waals surface area (Å²) >= 11 is 0. The first-order chi connectivity index (χ1) is 13.2. The molecule has 2 aromatic rings. The fourth-order valence-corrected chi connectivity index (χ4v) is 2.93. The number of nitrogens with zero attached hydrogens (tertiary/aromatic N) is 2. The standard InChI is InChI=1S/C20H25N3O4/c24-20(25)23-11-8-17(9-12-23)27-18-6-7-19(22-14-18)21-10-13-26-15-16-4-2-1-3-5-16/h1-7,14,17H,8-13,15H2,(H,21,22)(H,24,25). The summed E-state index contributed by atoms with van der Waals surface area (Å²) in [5.41, 5.74) is 1.16. The van der Waals surface area contributed by atoms with Gasteiger partial charge in [-0.1, -0.05) is 30.3 Å². The summed E-state index contributed by atoms with van der Waals surface area (Å²) in [6, 6.07) is 13.8. The van der Waals surface area contributed by atoms with Gasteiger partial charge in [0.05, 0.1) is 19.4 Å². The second-order valence-corrected chi connectivity index (χ2v) is 6.43. The van der Waals surface area contributed by atoms with Gasteiger partial charge in [0.15, 0.2) is 0 Å². The van der Waals surface area contributed by atoms with Crippen LogP contribution in [0.15, 0.2) is 48.7 Å². The highest BCUT2D eigenvalue weighted by Gasteiger charge is 2.23. The van der Waals surface area contributed by atoms with E-state index in [2.05, 4.69) is 10.3 Å². The van der Waals surface area contributed by atoms with Crippen molar-refractivity contribution in [1.82, 2.24) is 9.88 Å². The van der Waals surface area contributed by atoms with E-state index in [4.69, 9.17) is 14.6 Å². The normalized spacial score (nSPS) is 14.7. The lowest BCUT2D eigenvalue weighted by Crippen LogP contribution is -2.41. The van der Waals surface area contributed by atoms with E-state index in [0.29, 0.717) is 51.4 Å². The Hall–Kier alpha value is -2.80. The molecule has 0 saturated carbocycles. The van der Waals surface area contributed by atoms with Crippen LogP contribution in [-0.4, -0.2) is 53.4 Å². The van der Waals surface area contributed by atoms with Gasteiger partial charge in [-0.15, -0.1) is 0 Å². The van der Waals surface area contributed by atoms with Gasteiger partial charge in [0, 0.05) is 32.5 Å². The van der Waals surface area contributed by atoms with Crippen LogP contribution >= 0.6 is 0 Å². The molecule has 1 fully saturated rings. The zero-order chi connectivity index (χ0) is 18.9. The number of carbonyl (C=O) groups is 1. The Morgan fingerprint density at radius 3 is 2.63 bits per heavy atom. The molecule has 1 amide bonds. The molecule has 1 aromatic heterocycles. The smallest absolute Gasteiger partial charge is 0.407 e. The first-order valence-corrected chi connectivity index (χ1v) is 9.17. The number of pyridine rings is 1. The molecule has 1 aromatic carbocycles. The zero-order valence-corrected chi connectivity index (χ0v) is 15.2. The van der Waals surface area contributed by atoms with Crippen LogP contribution in [0, 0.1) is 0 Å². The van der Waals surface area contributed by atoms with E-state index in [9.17, 15) is 4.79 Å². The van der Waals surface area contributed by atoms with Gasteiger partial charge in [0.25, 0.3) is 0 Å². The molecule has 0 radical (unpaired) electrons. The number of likely N-dealkylation sites (tertiary alicyclic amines) is 1. The second-order valence-electron chi connectivity index (χ2n) is 6.43. The predicted octanol–water partition coefficient (Wildman–Crippen LogP) is 3.23. The van der Waals surface area contributed by atoms with Gasteiger partial charge >= 0.3 is 6.09 Å². The van der Waals surface area contributed by atoms with E-state index in [1.54, 1.807) is 6.20 Å². The van der Waals surface area contributed by atoms with Crippen LogP contribution in [0.25, 0.3) is 0 Å². The monoisotopic (exact) mass is 371 g/mol. The van der Waals surface area contributed by atoms with E-state index in [1.807, 2.05) is 42.5 Å². The number of ether oxygens (including phenoxy) is 2. The van der Waals surface area contributed by atoms with E-state index in [1.165, 1.54) is 4.90 Å². The molecular formula is C20H25N3O4. The third-order valence-electron chi connectivity index (χ3n) is 4.42. The topological polar surface area (TPSA) is 83.9 Å². The highest BCUT2D eigenvalue weighted by Crippen LogP contribution is 2.19. The highest BCUT2D eigenvalue weighted by molar-refractivity contribution is 5.65. The number of carboxylic acid groups (broad SMARTS) is 1. The van der Waals surface area contributed by atoms with E-state index in [0.717, 1.165) is 11.4 Å². The first kappa shape index (κ1) is 19.0. The van der Waals surface area contributed by atoms with Gasteiger partial charge in [-0.2, -0.15) is 0 Å². The van der Waals surface area contributed by atoms with E-state index < -0.39 is 6.09 Å². The Morgan fingerprint density at radius 2 is 1.96 bits per heavy atom. The van der Waals surface area contributed by atoms with Crippen LogP contribution in [0.5, 0.6) is 5.75 Å². The van der Waals surface area contributed by atoms with Gasteiger partial charge in [-0.25, -0.2) is 9.78 Å². The Morgan fingerprint density at radius 1 is 1.19 bits per heavy atom. The molecule has 2 heterocycles. The molecule has 2 N–H and O–H groups in total. The van der Waals surface area contributed by atoms with Crippen LogP contribution in [0.4, 0.5) is 10.6 Å². The molecular weight excluding hydrogens is 346 g/mol. The van der Waals surface area contributed by atoms with Crippen LogP contribution in [0.1, 0.15) is 18.4 Å². The van der Waals surface area contributed by atoms with E-state index >= 15 is 0 Å². The maximum absolute atomic E-state index is 10.9. The van der Waals surface area contributed by atoms with Gasteiger partial charge in [-0.3, -0.25) is 0 Å². The zero-order valence-electron chi connectivity index (χ0n) is 15.2. The van der Waals surface area contributed by atoms with Crippen molar-refractivity contribution in [1.29, 1.82) is 0 Å². The number of hydrogen-bond acceptors (Lipinski definition) is 5. The number of aromatic nitrogens is 1. The SMILES string of the molecule is O=C(O)N1CCC(Oc2ccc(NCCOCc3ccccc3)nc2)CC1. The molecule has 0 atom stereocenters. The van der Waals surface area contributed by atoms with Crippen molar-refractivity contribution in [2.24, 2.45) is 0 Å². The summed E-state index contributed by atoms with van der Waals surface area (Å²) < 4.78 is 11.5. The van der Waals surface area contributed by atoms with E-state index in [-0.39, 0.29) is 6.10 Å². The summed E-state index contributed by atoms with van der Waals surface area (Å²) in [4.78, 5) is 16.7. The predicted molar refractivity (Wildman–Crippen MR) is 102 cm³/mol. The number of benzene rings is 1. The molecule has 27 heavy (non-hydrogen) atoms. The molecule has 1 saturated heterocycles. The molecule has 7 nitrogen and oxygen atoms in total. The summed E-state index contributed by atoms with van der Waals surface area (Å²) in [5, 5.41) is 12.2. The molecule has 144 valence electrons. The summed E-state index contributed by atoms with van der Waals surface area (Å²) in [5.74, 6) is 1.47. The summed E-state index contributed by atoms with van der Waals surface area (Å²) in [6.07, 6.45) is 2.26. The van der Waals surface area contributed by atoms with Crippen molar-refractivity contribution in [2.75, 3.05) is 31.6 Å². The van der Waals surface area contributed by atoms with Gasteiger partial charge in [-0.05, 0) is 17.7 Å². The van der Waals surface area contributed by atoms with Crippen LogP contribution in [-0.2, 0) is 11.3 Å². The van der Waals surface area contributed by atoms with Crippen LogP contribution in [0.3, 0.4) is 0 Å². The summed E-state index contributed by atoms with van der Waals surface area (Å²) in [7, 11) is 0. The van der Waals surface area contributed by atoms with Crippen molar-refractivity contribution in [2.45, 2.75) is 25.6 Å². The molecule has 0 bridgehead atoms. The van der Waals surface area contributed by atoms with Crippen LogP contribution in [0.2, 0.25) is 0 Å². The van der Waals surface area contributed by atoms with Gasteiger partial charge in [0.1, 0.15) is 17.7 Å². The van der Waals surface area contributed by atoms with Crippen molar-refractivity contribution in [3.8, 4) is 5.75 Å². The number of rotatable bonds is 8. The number of nitrogens with one attached hydrogen (secondary N) is 1. The highest BCUT2D eigenvalue weighted by atomic mass is 16.5. The minimum absolute atomic E-state index is 0.0348. The lowest BCUT2D eigenvalue weighted by atomic mass is 10.1. The molecule has 0 unspecified atom stereocenters. The maximum atomic E-state index is 10.9. The van der Waals surface area contributed by atoms with Crippen molar-refractivity contribution in [3.63, 3.8) is 0 Å². The number of anilines is 1. The number of amides is 1. The van der Waals surface area contributed by atoms with Crippen molar-refractivity contribution in [3.05, 3.63) is 54.2 Å². The molecule has 7 heteroatoms. The Kier molecular flexibility index (Phi) is 6.87. The average Bonchev–Trinajstić information content (AvgIpc) is 2.70. The Bertz CT molecular complexity index is 701. The molecule has 1 aliphatic heterocycles. The largest absolute Gasteiger partial charge is 0.489 e. The van der Waals surface area contributed by atoms with Gasteiger partial charge < -0.3 is 24.8 Å². The number of piperidine rings is 1. The minimum Gasteiger partial charge on any atom is -0.489 e. The lowest BCUT2D eigenvalue weighted by molar-refractivity contribution is 0.0893. The minimum atomic E-state index is -0.863. The Labute approximate surface area is 158 Å². The molecule has 1 aliphatic rings. The molecule has 0 aliphatic carbocycles. The lowest BCUT2D eigenvalue weighted by Gasteiger charge is -2.30. The van der Waals surface area contributed by atoms with Crippen LogP contribution < -0.4 is 10.1 Å². The van der Waals surface area contributed by atoms with Crippen molar-refractivity contribution < 1.29 is 19.4 Å². The molecule has 3 rings (SSSR count). The number of hydrogen-bond donors (Lipinski definition) is 2. The Balaban J connectivity index is 1.33. The van der Waals surface area contributed by atoms with Crippen molar-refractivity contribution >= 4 is 11.9 Å². The maximum Gasteiger partial charge on any atom is 0.407 e. The fraction of sp³-hybridized carbons (Fsp3) is 0.400. The second kappa shape index (κ2) is 9.78. The average molecular weight is 371 g/mol. The van der Waals surface area contributed by atoms with Gasteiger partial charge in [0.2, 0.25) is 0 Å².